The highest BCUT2D eigenvalue weighted by molar-refractivity contribution is 7.22. The van der Waals surface area contributed by atoms with Crippen molar-refractivity contribution in [2.45, 2.75) is 13.8 Å². The fourth-order valence-electron chi connectivity index (χ4n) is 2.08. The third kappa shape index (κ3) is 2.60. The maximum absolute atomic E-state index is 5.89. The van der Waals surface area contributed by atoms with Crippen LogP contribution in [0.1, 0.15) is 12.5 Å². The van der Waals surface area contributed by atoms with Gasteiger partial charge in [-0.25, -0.2) is 4.98 Å². The third-order valence-electron chi connectivity index (χ3n) is 2.97. The zero-order chi connectivity index (χ0) is 13.9. The second kappa shape index (κ2) is 5.51. The van der Waals surface area contributed by atoms with Crippen LogP contribution in [0.4, 0.5) is 5.13 Å². The van der Waals surface area contributed by atoms with Crippen LogP contribution in [0.5, 0.6) is 11.5 Å². The number of aryl methyl sites for hydroxylation is 1. The predicted octanol–water partition coefficient (Wildman–Crippen LogP) is 4.83. The Kier molecular flexibility index (Phi) is 3.56. The molecule has 0 aliphatic rings. The molecule has 1 aromatic heterocycles. The minimum absolute atomic E-state index is 0.850. The van der Waals surface area contributed by atoms with Crippen LogP contribution in [-0.4, -0.2) is 11.5 Å². The summed E-state index contributed by atoms with van der Waals surface area (Å²) < 4.78 is 7.04. The van der Waals surface area contributed by atoms with E-state index >= 15 is 0 Å². The second-order valence-electron chi connectivity index (χ2n) is 4.55. The molecule has 0 saturated carbocycles. The van der Waals surface area contributed by atoms with Gasteiger partial charge in [0.05, 0.1) is 10.2 Å². The summed E-state index contributed by atoms with van der Waals surface area (Å²) in [6.45, 7) is 5.02. The molecule has 0 unspecified atom stereocenters. The molecule has 3 nitrogen and oxygen atoms in total. The maximum Gasteiger partial charge on any atom is 0.183 e. The summed E-state index contributed by atoms with van der Waals surface area (Å²) >= 11 is 1.66. The van der Waals surface area contributed by atoms with E-state index in [0.29, 0.717) is 0 Å². The summed E-state index contributed by atoms with van der Waals surface area (Å²) in [5, 5.41) is 4.22. The van der Waals surface area contributed by atoms with Crippen LogP contribution in [-0.2, 0) is 0 Å². The lowest BCUT2D eigenvalue weighted by molar-refractivity contribution is 0.483. The number of hydrogen-bond donors (Lipinski definition) is 1. The van der Waals surface area contributed by atoms with Gasteiger partial charge in [0.2, 0.25) is 0 Å². The van der Waals surface area contributed by atoms with E-state index in [1.165, 1.54) is 0 Å². The van der Waals surface area contributed by atoms with Crippen molar-refractivity contribution in [2.24, 2.45) is 0 Å². The lowest BCUT2D eigenvalue weighted by atomic mass is 10.2. The molecule has 0 fully saturated rings. The van der Waals surface area contributed by atoms with Crippen molar-refractivity contribution in [2.75, 3.05) is 11.9 Å². The highest BCUT2D eigenvalue weighted by Gasteiger charge is 2.08. The molecule has 0 aliphatic heterocycles. The second-order valence-corrected chi connectivity index (χ2v) is 5.58. The van der Waals surface area contributed by atoms with E-state index in [1.54, 1.807) is 11.3 Å². The topological polar surface area (TPSA) is 34.2 Å². The van der Waals surface area contributed by atoms with Crippen LogP contribution < -0.4 is 10.1 Å². The normalized spacial score (nSPS) is 10.7. The largest absolute Gasteiger partial charge is 0.457 e. The van der Waals surface area contributed by atoms with Crippen molar-refractivity contribution >= 4 is 26.7 Å². The summed E-state index contributed by atoms with van der Waals surface area (Å²) in [6.07, 6.45) is 0. The Morgan fingerprint density at radius 2 is 1.95 bits per heavy atom. The molecule has 0 radical (unpaired) electrons. The minimum Gasteiger partial charge on any atom is -0.457 e. The first-order chi connectivity index (χ1) is 9.76. The number of rotatable bonds is 4. The fourth-order valence-corrected chi connectivity index (χ4v) is 3.12. The Morgan fingerprint density at radius 1 is 1.15 bits per heavy atom. The molecular weight excluding hydrogens is 268 g/mol. The molecular formula is C16H16N2OS. The predicted molar refractivity (Wildman–Crippen MR) is 85.0 cm³/mol. The highest BCUT2D eigenvalue weighted by Crippen LogP contribution is 2.33. The van der Waals surface area contributed by atoms with Gasteiger partial charge in [0.1, 0.15) is 11.5 Å². The Morgan fingerprint density at radius 3 is 2.70 bits per heavy atom. The Labute approximate surface area is 122 Å². The molecule has 3 aromatic rings. The molecule has 1 heterocycles. The fraction of sp³-hybridized carbons (Fsp3) is 0.188. The lowest BCUT2D eigenvalue weighted by Crippen LogP contribution is -1.94. The van der Waals surface area contributed by atoms with Crippen LogP contribution in [0.2, 0.25) is 0 Å². The monoisotopic (exact) mass is 284 g/mol. The summed E-state index contributed by atoms with van der Waals surface area (Å²) in [6, 6.07) is 13.9. The van der Waals surface area contributed by atoms with Crippen LogP contribution in [0.3, 0.4) is 0 Å². The Hall–Kier alpha value is -2.07. The first-order valence-electron chi connectivity index (χ1n) is 6.64. The minimum atomic E-state index is 0.850. The van der Waals surface area contributed by atoms with Crippen molar-refractivity contribution in [3.63, 3.8) is 0 Å². The molecule has 1 N–H and O–H groups in total. The first-order valence-corrected chi connectivity index (χ1v) is 7.46. The van der Waals surface area contributed by atoms with Gasteiger partial charge in [-0.3, -0.25) is 0 Å². The number of para-hydroxylation sites is 1. The first kappa shape index (κ1) is 12.9. The van der Waals surface area contributed by atoms with Crippen molar-refractivity contribution in [3.8, 4) is 11.5 Å². The van der Waals surface area contributed by atoms with Gasteiger partial charge in [-0.15, -0.1) is 0 Å². The molecule has 3 rings (SSSR count). The number of benzene rings is 2. The number of aromatic nitrogens is 1. The molecule has 0 bridgehead atoms. The number of thiazole rings is 1. The summed E-state index contributed by atoms with van der Waals surface area (Å²) in [7, 11) is 0. The summed E-state index contributed by atoms with van der Waals surface area (Å²) in [5.41, 5.74) is 2.18. The zero-order valence-electron chi connectivity index (χ0n) is 11.5. The van der Waals surface area contributed by atoms with Crippen LogP contribution in [0.25, 0.3) is 10.2 Å². The lowest BCUT2D eigenvalue weighted by Gasteiger charge is -2.06. The van der Waals surface area contributed by atoms with Gasteiger partial charge < -0.3 is 10.1 Å². The molecule has 102 valence electrons. The smallest absolute Gasteiger partial charge is 0.183 e. The number of hydrogen-bond acceptors (Lipinski definition) is 4. The van der Waals surface area contributed by atoms with E-state index in [1.807, 2.05) is 42.5 Å². The molecule has 0 aliphatic carbocycles. The molecule has 0 spiro atoms. The van der Waals surface area contributed by atoms with Crippen molar-refractivity contribution in [1.82, 2.24) is 4.98 Å². The Balaban J connectivity index is 1.96. The van der Waals surface area contributed by atoms with E-state index in [9.17, 15) is 0 Å². The van der Waals surface area contributed by atoms with Gasteiger partial charge in [-0.1, -0.05) is 29.5 Å². The van der Waals surface area contributed by atoms with E-state index < -0.39 is 0 Å². The van der Waals surface area contributed by atoms with E-state index in [0.717, 1.165) is 39.0 Å². The average Bonchev–Trinajstić information content (AvgIpc) is 2.83. The molecule has 0 atom stereocenters. The number of fused-ring (bicyclic) bond motifs is 1. The third-order valence-corrected chi connectivity index (χ3v) is 3.93. The van der Waals surface area contributed by atoms with Gasteiger partial charge in [0.15, 0.2) is 5.13 Å². The number of anilines is 1. The zero-order valence-corrected chi connectivity index (χ0v) is 12.3. The van der Waals surface area contributed by atoms with Gasteiger partial charge in [-0.2, -0.15) is 0 Å². The van der Waals surface area contributed by atoms with E-state index in [-0.39, 0.29) is 0 Å². The van der Waals surface area contributed by atoms with Gasteiger partial charge in [-0.05, 0) is 37.6 Å². The Bertz CT molecular complexity index is 722. The molecule has 20 heavy (non-hydrogen) atoms. The van der Waals surface area contributed by atoms with E-state index in [4.69, 9.17) is 4.74 Å². The number of nitrogens with one attached hydrogen (secondary N) is 1. The van der Waals surface area contributed by atoms with Gasteiger partial charge in [0, 0.05) is 12.6 Å². The van der Waals surface area contributed by atoms with Crippen molar-refractivity contribution in [3.05, 3.63) is 48.0 Å². The maximum atomic E-state index is 5.89. The summed E-state index contributed by atoms with van der Waals surface area (Å²) in [4.78, 5) is 4.60. The van der Waals surface area contributed by atoms with Crippen molar-refractivity contribution < 1.29 is 4.74 Å². The SMILES string of the molecule is CCNc1nc2c(C)cc(Oc3ccccc3)cc2s1. The van der Waals surface area contributed by atoms with Gasteiger partial charge >= 0.3 is 0 Å². The van der Waals surface area contributed by atoms with Crippen LogP contribution in [0, 0.1) is 6.92 Å². The van der Waals surface area contributed by atoms with Crippen LogP contribution in [0.15, 0.2) is 42.5 Å². The molecule has 2 aromatic carbocycles. The molecule has 4 heteroatoms. The highest BCUT2D eigenvalue weighted by atomic mass is 32.1. The summed E-state index contributed by atoms with van der Waals surface area (Å²) in [5.74, 6) is 1.70. The number of ether oxygens (including phenoxy) is 1. The van der Waals surface area contributed by atoms with Gasteiger partial charge in [0.25, 0.3) is 0 Å². The number of nitrogens with zero attached hydrogens (tertiary/aromatic N) is 1. The van der Waals surface area contributed by atoms with Crippen LogP contribution >= 0.6 is 11.3 Å². The van der Waals surface area contributed by atoms with E-state index in [2.05, 4.69) is 24.1 Å². The van der Waals surface area contributed by atoms with Crippen molar-refractivity contribution in [1.29, 1.82) is 0 Å². The quantitative estimate of drug-likeness (QED) is 0.745. The average molecular weight is 284 g/mol. The molecule has 0 saturated heterocycles. The standard InChI is InChI=1S/C16H16N2OS/c1-3-17-16-18-15-11(2)9-13(10-14(15)20-16)19-12-7-5-4-6-8-12/h4-10H,3H2,1-2H3,(H,17,18). The molecule has 0 amide bonds.